The zero-order valence-corrected chi connectivity index (χ0v) is 11.0. The van der Waals surface area contributed by atoms with Crippen LogP contribution in [0.5, 0.6) is 0 Å². The van der Waals surface area contributed by atoms with E-state index in [1.165, 1.54) is 0 Å². The lowest BCUT2D eigenvalue weighted by Gasteiger charge is -2.12. The van der Waals surface area contributed by atoms with E-state index in [-0.39, 0.29) is 17.4 Å². The highest BCUT2D eigenvalue weighted by Crippen LogP contribution is 2.19. The molecule has 0 aromatic carbocycles. The van der Waals surface area contributed by atoms with Crippen LogP contribution in [0.25, 0.3) is 0 Å². The largest absolute Gasteiger partial charge is 0.389 e. The third kappa shape index (κ3) is 3.16. The van der Waals surface area contributed by atoms with Gasteiger partial charge in [0.25, 0.3) is 0 Å². The molecule has 96 valence electrons. The van der Waals surface area contributed by atoms with Gasteiger partial charge in [-0.2, -0.15) is 0 Å². The molecule has 2 rings (SSSR count). The van der Waals surface area contributed by atoms with Crippen molar-refractivity contribution < 1.29 is 4.79 Å². The first-order valence-corrected chi connectivity index (χ1v) is 6.27. The number of nitrogens with zero attached hydrogens (tertiary/aromatic N) is 1. The van der Waals surface area contributed by atoms with Gasteiger partial charge >= 0.3 is 0 Å². The lowest BCUT2D eigenvalue weighted by atomic mass is 10.1. The molecule has 5 nitrogen and oxygen atoms in total. The number of amides is 1. The van der Waals surface area contributed by atoms with Gasteiger partial charge < -0.3 is 16.4 Å². The number of aromatic nitrogens is 1. The average molecular weight is 264 g/mol. The van der Waals surface area contributed by atoms with Crippen LogP contribution >= 0.6 is 12.2 Å². The van der Waals surface area contributed by atoms with Crippen LogP contribution in [0.2, 0.25) is 0 Å². The summed E-state index contributed by atoms with van der Waals surface area (Å²) >= 11 is 4.99. The molecule has 1 aliphatic carbocycles. The van der Waals surface area contributed by atoms with Gasteiger partial charge in [0, 0.05) is 12.2 Å². The van der Waals surface area contributed by atoms with Crippen molar-refractivity contribution in [1.29, 1.82) is 0 Å². The van der Waals surface area contributed by atoms with E-state index in [9.17, 15) is 4.79 Å². The Morgan fingerprint density at radius 3 is 2.94 bits per heavy atom. The summed E-state index contributed by atoms with van der Waals surface area (Å²) < 4.78 is 0. The fraction of sp³-hybridized carbons (Fsp3) is 0.417. The van der Waals surface area contributed by atoms with E-state index in [2.05, 4.69) is 15.6 Å². The molecule has 6 heteroatoms. The van der Waals surface area contributed by atoms with Crippen LogP contribution < -0.4 is 16.4 Å². The molecule has 1 aromatic rings. The average Bonchev–Trinajstić information content (AvgIpc) is 3.09. The van der Waals surface area contributed by atoms with Crippen LogP contribution in [-0.4, -0.2) is 28.5 Å². The summed E-state index contributed by atoms with van der Waals surface area (Å²) in [5, 5.41) is 5.87. The van der Waals surface area contributed by atoms with E-state index < -0.39 is 0 Å². The number of nitrogens with one attached hydrogen (secondary N) is 2. The maximum Gasteiger partial charge on any atom is 0.239 e. The Labute approximate surface area is 111 Å². The normalized spacial score (nSPS) is 14.1. The maximum absolute atomic E-state index is 11.6. The van der Waals surface area contributed by atoms with Gasteiger partial charge in [-0.05, 0) is 31.4 Å². The number of aryl methyl sites for hydroxylation is 1. The number of rotatable bonds is 5. The second kappa shape index (κ2) is 5.30. The third-order valence-electron chi connectivity index (χ3n) is 2.76. The van der Waals surface area contributed by atoms with Crippen molar-refractivity contribution in [3.8, 4) is 0 Å². The third-order valence-corrected chi connectivity index (χ3v) is 2.97. The topological polar surface area (TPSA) is 80.0 Å². The van der Waals surface area contributed by atoms with Gasteiger partial charge in [-0.15, -0.1) is 0 Å². The molecule has 0 bridgehead atoms. The summed E-state index contributed by atoms with van der Waals surface area (Å²) in [4.78, 5) is 16.0. The quantitative estimate of drug-likeness (QED) is 0.683. The molecule has 0 radical (unpaired) electrons. The van der Waals surface area contributed by atoms with Crippen LogP contribution in [0, 0.1) is 6.92 Å². The number of carbonyl (C=O) groups excluding carboxylic acids is 1. The summed E-state index contributed by atoms with van der Waals surface area (Å²) in [6, 6.07) is 2.20. The summed E-state index contributed by atoms with van der Waals surface area (Å²) in [6.07, 6.45) is 3.82. The first-order valence-electron chi connectivity index (χ1n) is 5.86. The fourth-order valence-electron chi connectivity index (χ4n) is 1.67. The first-order chi connectivity index (χ1) is 8.58. The lowest BCUT2D eigenvalue weighted by molar-refractivity contribution is -0.119. The predicted molar refractivity (Wildman–Crippen MR) is 74.5 cm³/mol. The van der Waals surface area contributed by atoms with Crippen molar-refractivity contribution >= 4 is 28.9 Å². The van der Waals surface area contributed by atoms with Crippen molar-refractivity contribution in [2.75, 3.05) is 11.9 Å². The van der Waals surface area contributed by atoms with Gasteiger partial charge in [0.2, 0.25) is 5.91 Å². The number of pyridine rings is 1. The summed E-state index contributed by atoms with van der Waals surface area (Å²) in [7, 11) is 0. The molecule has 18 heavy (non-hydrogen) atoms. The van der Waals surface area contributed by atoms with Gasteiger partial charge in [-0.1, -0.05) is 12.2 Å². The van der Waals surface area contributed by atoms with Gasteiger partial charge in [-0.25, -0.2) is 4.98 Å². The van der Waals surface area contributed by atoms with E-state index in [0.717, 1.165) is 18.4 Å². The molecule has 4 N–H and O–H groups in total. The molecule has 1 heterocycles. The number of hydrogen-bond donors (Lipinski definition) is 3. The smallest absolute Gasteiger partial charge is 0.239 e. The molecule has 0 atom stereocenters. The first kappa shape index (κ1) is 12.8. The standard InChI is InChI=1S/C12H16N4OS/c1-7-4-5-14-12(10(7)11(13)18)15-6-9(17)16-8-2-3-8/h4-5,8H,2-3,6H2,1H3,(H2,13,18)(H,14,15)(H,16,17). The summed E-state index contributed by atoms with van der Waals surface area (Å²) in [5.41, 5.74) is 7.31. The van der Waals surface area contributed by atoms with Gasteiger partial charge in [-0.3, -0.25) is 4.79 Å². The van der Waals surface area contributed by atoms with Crippen LogP contribution in [0.15, 0.2) is 12.3 Å². The molecule has 0 unspecified atom stereocenters. The Morgan fingerprint density at radius 2 is 2.33 bits per heavy atom. The lowest BCUT2D eigenvalue weighted by Crippen LogP contribution is -2.32. The fourth-order valence-corrected chi connectivity index (χ4v) is 1.93. The van der Waals surface area contributed by atoms with Gasteiger partial charge in [0.05, 0.1) is 12.1 Å². The second-order valence-electron chi connectivity index (χ2n) is 4.41. The molecule has 1 aromatic heterocycles. The van der Waals surface area contributed by atoms with Crippen LogP contribution in [-0.2, 0) is 4.79 Å². The number of anilines is 1. The molecule has 1 fully saturated rings. The number of carbonyl (C=O) groups is 1. The zero-order chi connectivity index (χ0) is 13.1. The number of nitrogens with two attached hydrogens (primary N) is 1. The molecule has 0 saturated heterocycles. The molecule has 0 spiro atoms. The highest BCUT2D eigenvalue weighted by Gasteiger charge is 2.23. The van der Waals surface area contributed by atoms with E-state index in [1.807, 2.05) is 13.0 Å². The number of thiocarbonyl (C=S) groups is 1. The van der Waals surface area contributed by atoms with Crippen molar-refractivity contribution in [1.82, 2.24) is 10.3 Å². The van der Waals surface area contributed by atoms with E-state index in [1.54, 1.807) is 6.20 Å². The summed E-state index contributed by atoms with van der Waals surface area (Å²) in [6.45, 7) is 2.09. The van der Waals surface area contributed by atoms with E-state index >= 15 is 0 Å². The molecule has 0 aliphatic heterocycles. The van der Waals surface area contributed by atoms with Crippen molar-refractivity contribution in [3.05, 3.63) is 23.4 Å². The van der Waals surface area contributed by atoms with Crippen LogP contribution in [0.1, 0.15) is 24.0 Å². The van der Waals surface area contributed by atoms with Gasteiger partial charge in [0.15, 0.2) is 0 Å². The van der Waals surface area contributed by atoms with Gasteiger partial charge in [0.1, 0.15) is 10.8 Å². The Hall–Kier alpha value is -1.69. The monoisotopic (exact) mass is 264 g/mol. The second-order valence-corrected chi connectivity index (χ2v) is 4.85. The maximum atomic E-state index is 11.6. The Bertz CT molecular complexity index is 485. The summed E-state index contributed by atoms with van der Waals surface area (Å²) in [5.74, 6) is 0.531. The number of hydrogen-bond acceptors (Lipinski definition) is 4. The minimum absolute atomic E-state index is 0.0327. The highest BCUT2D eigenvalue weighted by atomic mass is 32.1. The van der Waals surface area contributed by atoms with E-state index in [0.29, 0.717) is 17.4 Å². The molecule has 1 aliphatic rings. The van der Waals surface area contributed by atoms with Crippen molar-refractivity contribution in [2.45, 2.75) is 25.8 Å². The molecular weight excluding hydrogens is 248 g/mol. The minimum Gasteiger partial charge on any atom is -0.389 e. The van der Waals surface area contributed by atoms with E-state index in [4.69, 9.17) is 18.0 Å². The molecule has 1 amide bonds. The SMILES string of the molecule is Cc1ccnc(NCC(=O)NC2CC2)c1C(N)=S. The Morgan fingerprint density at radius 1 is 1.61 bits per heavy atom. The molecular formula is C12H16N4OS. The van der Waals surface area contributed by atoms with Crippen molar-refractivity contribution in [3.63, 3.8) is 0 Å². The highest BCUT2D eigenvalue weighted by molar-refractivity contribution is 7.80. The minimum atomic E-state index is -0.0327. The Kier molecular flexibility index (Phi) is 3.76. The zero-order valence-electron chi connectivity index (χ0n) is 10.2. The van der Waals surface area contributed by atoms with Crippen molar-refractivity contribution in [2.24, 2.45) is 5.73 Å². The predicted octanol–water partition coefficient (Wildman–Crippen LogP) is 0.715. The van der Waals surface area contributed by atoms with Crippen LogP contribution in [0.4, 0.5) is 5.82 Å². The molecule has 1 saturated carbocycles. The van der Waals surface area contributed by atoms with Crippen LogP contribution in [0.3, 0.4) is 0 Å². The Balaban J connectivity index is 2.01.